The molecule has 11 heavy (non-hydrogen) atoms. The van der Waals surface area contributed by atoms with Gasteiger partial charge in [-0.2, -0.15) is 0 Å². The minimum atomic E-state index is -0.278. The summed E-state index contributed by atoms with van der Waals surface area (Å²) in [6, 6.07) is -0.800. The molecule has 1 aromatic carbocycles. The van der Waals surface area contributed by atoms with Gasteiger partial charge in [-0.15, -0.1) is 11.6 Å². The molecule has 0 atom stereocenters. The first-order chi connectivity index (χ1) is 7.06. The van der Waals surface area contributed by atoms with Gasteiger partial charge in [0.2, 0.25) is 0 Å². The molecule has 0 unspecified atom stereocenters. The van der Waals surface area contributed by atoms with E-state index in [2.05, 4.69) is 9.97 Å². The summed E-state index contributed by atoms with van der Waals surface area (Å²) in [5.74, 6) is 0.590. The third-order valence-corrected chi connectivity index (χ3v) is 1.56. The smallest absolute Gasteiger partial charge is 0.122 e. The van der Waals surface area contributed by atoms with Crippen LogP contribution in [0.15, 0.2) is 24.2 Å². The van der Waals surface area contributed by atoms with Crippen molar-refractivity contribution in [2.24, 2.45) is 0 Å². The van der Waals surface area contributed by atoms with E-state index in [4.69, 9.17) is 17.1 Å². The lowest BCUT2D eigenvalue weighted by atomic mass is 10.3. The van der Waals surface area contributed by atoms with Gasteiger partial charge in [0.05, 0.1) is 22.4 Å². The molecule has 0 aliphatic carbocycles. The number of H-pyrrole nitrogens is 1. The number of benzene rings is 1. The van der Waals surface area contributed by atoms with E-state index in [-0.39, 0.29) is 35.6 Å². The van der Waals surface area contributed by atoms with Crippen LogP contribution in [0.1, 0.15) is 11.3 Å². The van der Waals surface area contributed by atoms with Crippen LogP contribution in [0.25, 0.3) is 11.0 Å². The van der Waals surface area contributed by atoms with Crippen molar-refractivity contribution in [3.05, 3.63) is 30.0 Å². The molecule has 1 heterocycles. The molecule has 2 aromatic rings. The Balaban J connectivity index is 2.90. The first kappa shape index (κ1) is 3.59. The number of rotatable bonds is 1. The molecule has 0 bridgehead atoms. The van der Waals surface area contributed by atoms with E-state index in [9.17, 15) is 0 Å². The van der Waals surface area contributed by atoms with Gasteiger partial charge in [-0.3, -0.25) is 0 Å². The molecule has 3 heteroatoms. The molecule has 0 saturated carbocycles. The zero-order chi connectivity index (χ0) is 11.2. The number of hydrogen-bond acceptors (Lipinski definition) is 1. The number of imidazole rings is 1. The zero-order valence-electron chi connectivity index (χ0n) is 9.53. The second-order valence-electron chi connectivity index (χ2n) is 2.04. The molecule has 0 fully saturated rings. The van der Waals surface area contributed by atoms with E-state index in [0.717, 1.165) is 0 Å². The van der Waals surface area contributed by atoms with Crippen LogP contribution >= 0.6 is 11.6 Å². The summed E-state index contributed by atoms with van der Waals surface area (Å²) in [7, 11) is 0. The number of hydrogen-bond donors (Lipinski definition) is 1. The monoisotopic (exact) mass is 170 g/mol. The number of aromatic amines is 1. The molecule has 1 aromatic heterocycles. The van der Waals surface area contributed by atoms with Crippen molar-refractivity contribution in [3.63, 3.8) is 0 Å². The Hall–Kier alpha value is -1.02. The number of halogens is 1. The Morgan fingerprint density at radius 1 is 1.55 bits per heavy atom. The number of nitrogens with one attached hydrogen (secondary N) is 1. The third-order valence-electron chi connectivity index (χ3n) is 1.31. The minimum Gasteiger partial charge on any atom is -0.341 e. The van der Waals surface area contributed by atoms with Gasteiger partial charge in [-0.05, 0) is 12.1 Å². The highest BCUT2D eigenvalue weighted by Gasteiger charge is 1.98. The van der Waals surface area contributed by atoms with Gasteiger partial charge in [0.15, 0.2) is 0 Å². The molecule has 2 nitrogen and oxygen atoms in total. The Morgan fingerprint density at radius 2 is 2.36 bits per heavy atom. The van der Waals surface area contributed by atoms with Crippen molar-refractivity contribution < 1.29 is 5.48 Å². The van der Waals surface area contributed by atoms with Crippen LogP contribution in [0.4, 0.5) is 0 Å². The normalized spacial score (nSPS) is 15.7. The maximum Gasteiger partial charge on any atom is 0.122 e. The standard InChI is InChI=1S/C8H7ClN2/c9-5-8-10-6-3-1-2-4-7(6)11-8/h1-4H,5H2,(H,10,11)/i1D,2D,3D,4D. The van der Waals surface area contributed by atoms with Crippen LogP contribution in [0.3, 0.4) is 0 Å². The number of alkyl halides is 1. The molecule has 2 rings (SSSR count). The van der Waals surface area contributed by atoms with Gasteiger partial charge in [-0.1, -0.05) is 12.1 Å². The van der Waals surface area contributed by atoms with Crippen molar-refractivity contribution in [1.82, 2.24) is 9.97 Å². The summed E-state index contributed by atoms with van der Waals surface area (Å²) >= 11 is 5.57. The summed E-state index contributed by atoms with van der Waals surface area (Å²) in [6.07, 6.45) is 0. The molecule has 0 spiro atoms. The van der Waals surface area contributed by atoms with Crippen molar-refractivity contribution in [3.8, 4) is 0 Å². The van der Waals surface area contributed by atoms with Gasteiger partial charge < -0.3 is 4.98 Å². The number of nitrogens with zero attached hydrogens (tertiary/aromatic N) is 1. The fourth-order valence-electron chi connectivity index (χ4n) is 0.851. The van der Waals surface area contributed by atoms with Crippen LogP contribution in [-0.4, -0.2) is 9.97 Å². The maximum absolute atomic E-state index is 7.61. The molecular formula is C8H7ClN2. The lowest BCUT2D eigenvalue weighted by molar-refractivity contribution is 1.13. The van der Waals surface area contributed by atoms with Crippen molar-refractivity contribution in [1.29, 1.82) is 0 Å². The third kappa shape index (κ3) is 1.10. The Kier molecular flexibility index (Phi) is 0.831. The molecule has 0 radical (unpaired) electrons. The van der Waals surface area contributed by atoms with Crippen molar-refractivity contribution in [2.45, 2.75) is 5.88 Å². The first-order valence-corrected chi connectivity index (χ1v) is 3.60. The van der Waals surface area contributed by atoms with E-state index in [1.54, 1.807) is 0 Å². The fraction of sp³-hybridized carbons (Fsp3) is 0.125. The average Bonchev–Trinajstić information content (AvgIpc) is 2.67. The average molecular weight is 171 g/mol. The molecule has 0 amide bonds. The molecule has 0 aliphatic heterocycles. The highest BCUT2D eigenvalue weighted by atomic mass is 35.5. The van der Waals surface area contributed by atoms with Crippen LogP contribution in [0.5, 0.6) is 0 Å². The quantitative estimate of drug-likeness (QED) is 0.654. The number of aromatic nitrogens is 2. The lowest BCUT2D eigenvalue weighted by Crippen LogP contribution is -1.76. The maximum atomic E-state index is 7.61. The van der Waals surface area contributed by atoms with Crippen molar-refractivity contribution in [2.75, 3.05) is 0 Å². The molecule has 1 N–H and O–H groups in total. The van der Waals surface area contributed by atoms with E-state index in [1.165, 1.54) is 0 Å². The topological polar surface area (TPSA) is 28.7 Å². The fourth-order valence-corrected chi connectivity index (χ4v) is 0.977. The summed E-state index contributed by atoms with van der Waals surface area (Å²) in [6.45, 7) is 0. The van der Waals surface area contributed by atoms with Crippen LogP contribution < -0.4 is 0 Å². The van der Waals surface area contributed by atoms with Gasteiger partial charge in [0.25, 0.3) is 0 Å². The van der Waals surface area contributed by atoms with Gasteiger partial charge in [0, 0.05) is 0 Å². The highest BCUT2D eigenvalue weighted by molar-refractivity contribution is 6.16. The lowest BCUT2D eigenvalue weighted by Gasteiger charge is -1.81. The SMILES string of the molecule is [2H]c1c([2H])c([2H])c2[nH]c(CCl)nc2c1[2H]. The minimum absolute atomic E-state index is 0.116. The largest absolute Gasteiger partial charge is 0.341 e. The van der Waals surface area contributed by atoms with Gasteiger partial charge in [-0.25, -0.2) is 4.98 Å². The first-order valence-electron chi connectivity index (χ1n) is 5.07. The summed E-state index contributed by atoms with van der Waals surface area (Å²) in [5.41, 5.74) is 0.535. The van der Waals surface area contributed by atoms with Gasteiger partial charge >= 0.3 is 0 Å². The predicted octanol–water partition coefficient (Wildman–Crippen LogP) is 2.30. The van der Waals surface area contributed by atoms with Gasteiger partial charge in [0.1, 0.15) is 5.82 Å². The number of fused-ring (bicyclic) bond motifs is 1. The highest BCUT2D eigenvalue weighted by Crippen LogP contribution is 2.10. The molecule has 56 valence electrons. The van der Waals surface area contributed by atoms with E-state index >= 15 is 0 Å². The predicted molar refractivity (Wildman–Crippen MR) is 45.7 cm³/mol. The Morgan fingerprint density at radius 3 is 3.18 bits per heavy atom. The van der Waals surface area contributed by atoms with Crippen LogP contribution in [0, 0.1) is 0 Å². The summed E-state index contributed by atoms with van der Waals surface area (Å²) in [4.78, 5) is 6.76. The molecule has 0 saturated heterocycles. The Bertz CT molecular complexity index is 492. The van der Waals surface area contributed by atoms with E-state index < -0.39 is 0 Å². The molecular weight excluding hydrogens is 160 g/mol. The van der Waals surface area contributed by atoms with Crippen molar-refractivity contribution >= 4 is 22.6 Å². The zero-order valence-corrected chi connectivity index (χ0v) is 6.29. The van der Waals surface area contributed by atoms with Crippen LogP contribution in [0.2, 0.25) is 0 Å². The van der Waals surface area contributed by atoms with E-state index in [1.807, 2.05) is 0 Å². The number of para-hydroxylation sites is 2. The second kappa shape index (κ2) is 2.55. The van der Waals surface area contributed by atoms with E-state index in [0.29, 0.717) is 11.3 Å². The Labute approximate surface area is 74.8 Å². The summed E-state index contributed by atoms with van der Waals surface area (Å²) in [5, 5.41) is 0. The second-order valence-corrected chi connectivity index (χ2v) is 2.31. The molecule has 0 aliphatic rings. The summed E-state index contributed by atoms with van der Waals surface area (Å²) < 4.78 is 30.1. The van der Waals surface area contributed by atoms with Crippen LogP contribution in [-0.2, 0) is 5.88 Å².